The maximum Gasteiger partial charge on any atom is 0.268 e. The second-order valence-corrected chi connectivity index (χ2v) is 10.1. The van der Waals surface area contributed by atoms with Crippen molar-refractivity contribution < 1.29 is 12.8 Å². The molecule has 0 radical (unpaired) electrons. The Bertz CT molecular complexity index is 1220. The zero-order chi connectivity index (χ0) is 20.9. The molecule has 152 valence electrons. The fraction of sp³-hybridized carbons (Fsp3) is 0.273. The predicted octanol–water partition coefficient (Wildman–Crippen LogP) is 6.59. The van der Waals surface area contributed by atoms with E-state index in [0.717, 1.165) is 24.0 Å². The van der Waals surface area contributed by atoms with E-state index in [1.54, 1.807) is 25.3 Å². The first kappa shape index (κ1) is 20.5. The lowest BCUT2D eigenvalue weighted by atomic mass is 10.0. The summed E-state index contributed by atoms with van der Waals surface area (Å²) in [4.78, 5) is 0.0617. The van der Waals surface area contributed by atoms with Gasteiger partial charge in [0, 0.05) is 21.8 Å². The molecule has 1 atom stereocenters. The average molecular weight is 452 g/mol. The van der Waals surface area contributed by atoms with Crippen LogP contribution >= 0.6 is 23.2 Å². The maximum atomic E-state index is 15.0. The van der Waals surface area contributed by atoms with Crippen LogP contribution in [-0.2, 0) is 16.4 Å². The van der Waals surface area contributed by atoms with Gasteiger partial charge in [0.25, 0.3) is 10.0 Å². The van der Waals surface area contributed by atoms with Crippen molar-refractivity contribution in [2.24, 2.45) is 0 Å². The second kappa shape index (κ2) is 7.46. The summed E-state index contributed by atoms with van der Waals surface area (Å²) < 4.78 is 43.2. The van der Waals surface area contributed by atoms with Crippen LogP contribution in [0.15, 0.2) is 47.5 Å². The third-order valence-corrected chi connectivity index (χ3v) is 7.94. The molecule has 0 fully saturated rings. The van der Waals surface area contributed by atoms with Crippen molar-refractivity contribution in [2.45, 2.75) is 43.9 Å². The Kier molecular flexibility index (Phi) is 5.26. The van der Waals surface area contributed by atoms with Crippen molar-refractivity contribution in [1.29, 1.82) is 0 Å². The molecule has 0 aliphatic heterocycles. The number of rotatable bonds is 4. The van der Waals surface area contributed by atoms with Crippen molar-refractivity contribution in [3.05, 3.63) is 75.1 Å². The predicted molar refractivity (Wildman–Crippen MR) is 115 cm³/mol. The van der Waals surface area contributed by atoms with Gasteiger partial charge in [-0.3, -0.25) is 0 Å². The third-order valence-electron chi connectivity index (χ3n) is 5.64. The monoisotopic (exact) mass is 451 g/mol. The first-order valence-corrected chi connectivity index (χ1v) is 11.6. The molecule has 0 saturated carbocycles. The number of hydrogen-bond acceptors (Lipinski definition) is 2. The Hall–Kier alpha value is -1.82. The van der Waals surface area contributed by atoms with Gasteiger partial charge in [0.05, 0.1) is 10.6 Å². The van der Waals surface area contributed by atoms with Crippen molar-refractivity contribution in [2.75, 3.05) is 0 Å². The largest absolute Gasteiger partial charge is 0.268 e. The Morgan fingerprint density at radius 2 is 1.97 bits per heavy atom. The van der Waals surface area contributed by atoms with Crippen LogP contribution < -0.4 is 0 Å². The molecular formula is C22H20Cl2FNO2S. The highest BCUT2D eigenvalue weighted by Gasteiger charge is 2.33. The number of aryl methyl sites for hydroxylation is 1. The van der Waals surface area contributed by atoms with Crippen LogP contribution in [0.2, 0.25) is 10.0 Å². The quantitative estimate of drug-likeness (QED) is 0.448. The average Bonchev–Trinajstić information content (AvgIpc) is 3.24. The lowest BCUT2D eigenvalue weighted by Gasteiger charge is -2.14. The lowest BCUT2D eigenvalue weighted by molar-refractivity contribution is 0.586. The van der Waals surface area contributed by atoms with Gasteiger partial charge < -0.3 is 0 Å². The molecule has 3 aromatic rings. The molecule has 1 aliphatic rings. The van der Waals surface area contributed by atoms with Gasteiger partial charge in [0.2, 0.25) is 0 Å². The molecule has 1 aromatic heterocycles. The van der Waals surface area contributed by atoms with Crippen molar-refractivity contribution in [3.8, 4) is 11.3 Å². The zero-order valence-corrected chi connectivity index (χ0v) is 18.4. The highest BCUT2D eigenvalue weighted by Crippen LogP contribution is 2.44. The van der Waals surface area contributed by atoms with E-state index in [4.69, 9.17) is 23.2 Å². The standard InChI is InChI=1S/C22H20Cl2FNO2S/c1-3-14-7-8-17-19(14)12-26(29(27,28)16-6-4-5-15(23)10-16)22(17)18-11-20(24)13(2)9-21(18)25/h4-6,9-12,14H,3,7-8H2,1-2H3. The molecule has 0 spiro atoms. The maximum absolute atomic E-state index is 15.0. The molecule has 1 unspecified atom stereocenters. The summed E-state index contributed by atoms with van der Waals surface area (Å²) in [6.45, 7) is 3.79. The van der Waals surface area contributed by atoms with E-state index < -0.39 is 15.8 Å². The summed E-state index contributed by atoms with van der Waals surface area (Å²) in [6, 6.07) is 8.96. The van der Waals surface area contributed by atoms with Gasteiger partial charge in [-0.1, -0.05) is 36.2 Å². The minimum atomic E-state index is -3.97. The molecule has 2 aromatic carbocycles. The topological polar surface area (TPSA) is 39.1 Å². The van der Waals surface area contributed by atoms with Crippen LogP contribution in [0.3, 0.4) is 0 Å². The number of benzene rings is 2. The van der Waals surface area contributed by atoms with E-state index in [1.807, 2.05) is 0 Å². The normalized spacial score (nSPS) is 16.2. The molecule has 0 bridgehead atoms. The van der Waals surface area contributed by atoms with Gasteiger partial charge in [0.1, 0.15) is 5.82 Å². The first-order valence-electron chi connectivity index (χ1n) is 9.45. The minimum absolute atomic E-state index is 0.0617. The molecular weight excluding hydrogens is 432 g/mol. The van der Waals surface area contributed by atoms with Gasteiger partial charge in [-0.15, -0.1) is 0 Å². The molecule has 0 saturated heterocycles. The van der Waals surface area contributed by atoms with E-state index >= 15 is 0 Å². The molecule has 0 N–H and O–H groups in total. The Labute approximate surface area is 180 Å². The summed E-state index contributed by atoms with van der Waals surface area (Å²) in [5.74, 6) is -0.237. The van der Waals surface area contributed by atoms with E-state index in [9.17, 15) is 12.8 Å². The van der Waals surface area contributed by atoms with Gasteiger partial charge in [-0.25, -0.2) is 16.8 Å². The highest BCUT2D eigenvalue weighted by molar-refractivity contribution is 7.90. The molecule has 0 amide bonds. The van der Waals surface area contributed by atoms with Gasteiger partial charge >= 0.3 is 0 Å². The summed E-state index contributed by atoms with van der Waals surface area (Å²) in [5.41, 5.74) is 3.00. The van der Waals surface area contributed by atoms with Crippen molar-refractivity contribution in [1.82, 2.24) is 3.97 Å². The van der Waals surface area contributed by atoms with Crippen LogP contribution in [-0.4, -0.2) is 12.4 Å². The molecule has 29 heavy (non-hydrogen) atoms. The van der Waals surface area contributed by atoms with Crippen molar-refractivity contribution >= 4 is 33.2 Å². The Morgan fingerprint density at radius 3 is 2.66 bits per heavy atom. The van der Waals surface area contributed by atoms with Gasteiger partial charge in [0.15, 0.2) is 0 Å². The van der Waals surface area contributed by atoms with E-state index in [0.29, 0.717) is 27.7 Å². The highest BCUT2D eigenvalue weighted by atomic mass is 35.5. The third kappa shape index (κ3) is 3.39. The molecule has 4 rings (SSSR count). The summed E-state index contributed by atoms with van der Waals surface area (Å²) in [5, 5.41) is 0.719. The van der Waals surface area contributed by atoms with Crippen LogP contribution in [0, 0.1) is 12.7 Å². The summed E-state index contributed by atoms with van der Waals surface area (Å²) in [7, 11) is -3.97. The molecule has 3 nitrogen and oxygen atoms in total. The first-order chi connectivity index (χ1) is 13.7. The van der Waals surface area contributed by atoms with Crippen LogP contribution in [0.5, 0.6) is 0 Å². The SMILES string of the molecule is CCC1CCc2c1cn(S(=O)(=O)c1cccc(Cl)c1)c2-c1cc(Cl)c(C)cc1F. The molecule has 7 heteroatoms. The second-order valence-electron chi connectivity index (χ2n) is 7.39. The Morgan fingerprint density at radius 1 is 1.21 bits per heavy atom. The van der Waals surface area contributed by atoms with Crippen LogP contribution in [0.25, 0.3) is 11.3 Å². The number of fused-ring (bicyclic) bond motifs is 1. The number of halogens is 3. The van der Waals surface area contributed by atoms with E-state index in [-0.39, 0.29) is 16.4 Å². The number of hydrogen-bond donors (Lipinski definition) is 0. The van der Waals surface area contributed by atoms with Gasteiger partial charge in [-0.2, -0.15) is 0 Å². The molecule has 1 heterocycles. The van der Waals surface area contributed by atoms with Crippen LogP contribution in [0.1, 0.15) is 42.4 Å². The molecule has 1 aliphatic carbocycles. The van der Waals surface area contributed by atoms with Gasteiger partial charge in [-0.05, 0) is 79.1 Å². The number of nitrogens with zero attached hydrogens (tertiary/aromatic N) is 1. The smallest absolute Gasteiger partial charge is 0.240 e. The van der Waals surface area contributed by atoms with Crippen LogP contribution in [0.4, 0.5) is 4.39 Å². The zero-order valence-electron chi connectivity index (χ0n) is 16.0. The Balaban J connectivity index is 2.02. The lowest BCUT2D eigenvalue weighted by Crippen LogP contribution is -2.14. The summed E-state index contributed by atoms with van der Waals surface area (Å²) >= 11 is 12.3. The van der Waals surface area contributed by atoms with E-state index in [1.165, 1.54) is 28.2 Å². The fourth-order valence-electron chi connectivity index (χ4n) is 4.09. The fourth-order valence-corrected chi connectivity index (χ4v) is 5.96. The van der Waals surface area contributed by atoms with Crippen molar-refractivity contribution in [3.63, 3.8) is 0 Å². The minimum Gasteiger partial charge on any atom is -0.240 e. The van der Waals surface area contributed by atoms with E-state index in [2.05, 4.69) is 6.92 Å². The number of aromatic nitrogens is 1. The summed E-state index contributed by atoms with van der Waals surface area (Å²) in [6.07, 6.45) is 4.17.